The average Bonchev–Trinajstić information content (AvgIpc) is 2.61. The van der Waals surface area contributed by atoms with Gasteiger partial charge in [-0.1, -0.05) is 42.5 Å². The van der Waals surface area contributed by atoms with E-state index in [0.717, 1.165) is 16.9 Å². The second kappa shape index (κ2) is 8.80. The molecule has 5 heteroatoms. The van der Waals surface area contributed by atoms with E-state index in [1.807, 2.05) is 54.6 Å². The number of hydrogen-bond donors (Lipinski definition) is 3. The standard InChI is InChI=1S/C18H22N2O3/c1-23-16-10-8-15(9-11-16)17(14-6-3-2-4-7-14)20-18(22)19-12-5-13-21/h2-4,6-11,17,21H,5,12-13H2,1H3,(H2,19,20,22). The van der Waals surface area contributed by atoms with Crippen LogP contribution in [0.1, 0.15) is 23.6 Å². The number of carbonyl (C=O) groups excluding carboxylic acids is 1. The molecule has 23 heavy (non-hydrogen) atoms. The van der Waals surface area contributed by atoms with Crippen LogP contribution in [-0.2, 0) is 0 Å². The number of carbonyl (C=O) groups is 1. The third-order valence-electron chi connectivity index (χ3n) is 3.48. The van der Waals surface area contributed by atoms with Crippen molar-refractivity contribution in [2.24, 2.45) is 0 Å². The highest BCUT2D eigenvalue weighted by Gasteiger charge is 2.16. The molecule has 0 bridgehead atoms. The Morgan fingerprint density at radius 1 is 1.09 bits per heavy atom. The molecule has 0 radical (unpaired) electrons. The normalized spacial score (nSPS) is 11.6. The minimum atomic E-state index is -0.261. The Bertz CT molecular complexity index is 599. The van der Waals surface area contributed by atoms with Gasteiger partial charge in [0.1, 0.15) is 5.75 Å². The van der Waals surface area contributed by atoms with Crippen molar-refractivity contribution in [3.8, 4) is 5.75 Å². The van der Waals surface area contributed by atoms with Crippen LogP contribution in [0.25, 0.3) is 0 Å². The fraction of sp³-hybridized carbons (Fsp3) is 0.278. The highest BCUT2D eigenvalue weighted by atomic mass is 16.5. The number of rotatable bonds is 7. The molecule has 2 rings (SSSR count). The Morgan fingerprint density at radius 2 is 1.74 bits per heavy atom. The number of nitrogens with one attached hydrogen (secondary N) is 2. The van der Waals surface area contributed by atoms with Crippen molar-refractivity contribution < 1.29 is 14.6 Å². The van der Waals surface area contributed by atoms with E-state index in [2.05, 4.69) is 10.6 Å². The van der Waals surface area contributed by atoms with Crippen LogP contribution in [0.2, 0.25) is 0 Å². The Kier molecular flexibility index (Phi) is 6.44. The molecule has 0 aromatic heterocycles. The van der Waals surface area contributed by atoms with Gasteiger partial charge >= 0.3 is 6.03 Å². The van der Waals surface area contributed by atoms with E-state index in [-0.39, 0.29) is 18.7 Å². The maximum absolute atomic E-state index is 12.1. The van der Waals surface area contributed by atoms with Crippen LogP contribution >= 0.6 is 0 Å². The van der Waals surface area contributed by atoms with Crippen molar-refractivity contribution in [3.05, 3.63) is 65.7 Å². The lowest BCUT2D eigenvalue weighted by Gasteiger charge is -2.20. The summed E-state index contributed by atoms with van der Waals surface area (Å²) in [5, 5.41) is 14.5. The van der Waals surface area contributed by atoms with Gasteiger partial charge in [-0.2, -0.15) is 0 Å². The van der Waals surface area contributed by atoms with E-state index in [0.29, 0.717) is 13.0 Å². The summed E-state index contributed by atoms with van der Waals surface area (Å²) in [6.45, 7) is 0.493. The van der Waals surface area contributed by atoms with Gasteiger partial charge in [0.25, 0.3) is 0 Å². The van der Waals surface area contributed by atoms with Crippen LogP contribution in [0, 0.1) is 0 Å². The van der Waals surface area contributed by atoms with Crippen molar-refractivity contribution in [3.63, 3.8) is 0 Å². The summed E-state index contributed by atoms with van der Waals surface area (Å²) in [5.41, 5.74) is 1.96. The van der Waals surface area contributed by atoms with Gasteiger partial charge in [0, 0.05) is 13.2 Å². The summed E-state index contributed by atoms with van der Waals surface area (Å²) in [4.78, 5) is 12.1. The molecule has 1 unspecified atom stereocenters. The predicted molar refractivity (Wildman–Crippen MR) is 89.5 cm³/mol. The number of urea groups is 1. The van der Waals surface area contributed by atoms with E-state index >= 15 is 0 Å². The van der Waals surface area contributed by atoms with Crippen molar-refractivity contribution >= 4 is 6.03 Å². The zero-order valence-corrected chi connectivity index (χ0v) is 13.2. The number of hydrogen-bond acceptors (Lipinski definition) is 3. The van der Waals surface area contributed by atoms with Crippen LogP contribution in [0.15, 0.2) is 54.6 Å². The summed E-state index contributed by atoms with van der Waals surface area (Å²) in [6, 6.07) is 16.9. The average molecular weight is 314 g/mol. The number of amides is 2. The molecule has 0 spiro atoms. The van der Waals surface area contributed by atoms with E-state index in [1.165, 1.54) is 0 Å². The summed E-state index contributed by atoms with van der Waals surface area (Å²) in [7, 11) is 1.62. The molecule has 0 saturated carbocycles. The smallest absolute Gasteiger partial charge is 0.315 e. The second-order valence-electron chi connectivity index (χ2n) is 5.09. The Morgan fingerprint density at radius 3 is 2.35 bits per heavy atom. The van der Waals surface area contributed by atoms with Crippen molar-refractivity contribution in [1.82, 2.24) is 10.6 Å². The maximum atomic E-state index is 12.1. The maximum Gasteiger partial charge on any atom is 0.315 e. The topological polar surface area (TPSA) is 70.6 Å². The summed E-state index contributed by atoms with van der Waals surface area (Å²) >= 11 is 0. The van der Waals surface area contributed by atoms with Crippen molar-refractivity contribution in [2.75, 3.05) is 20.3 Å². The number of methoxy groups -OCH3 is 1. The Hall–Kier alpha value is -2.53. The molecule has 0 heterocycles. The molecule has 0 saturated heterocycles. The van der Waals surface area contributed by atoms with E-state index in [1.54, 1.807) is 7.11 Å². The molecule has 5 nitrogen and oxygen atoms in total. The van der Waals surface area contributed by atoms with E-state index < -0.39 is 0 Å². The quantitative estimate of drug-likeness (QED) is 0.688. The molecule has 2 aromatic carbocycles. The van der Waals surface area contributed by atoms with Crippen molar-refractivity contribution in [1.29, 1.82) is 0 Å². The van der Waals surface area contributed by atoms with Crippen LogP contribution < -0.4 is 15.4 Å². The molecule has 0 fully saturated rings. The van der Waals surface area contributed by atoms with Gasteiger partial charge in [-0.15, -0.1) is 0 Å². The van der Waals surface area contributed by atoms with Crippen LogP contribution in [0.3, 0.4) is 0 Å². The minimum Gasteiger partial charge on any atom is -0.497 e. The summed E-state index contributed by atoms with van der Waals surface area (Å²) in [5.74, 6) is 0.771. The molecule has 2 aromatic rings. The summed E-state index contributed by atoms with van der Waals surface area (Å²) in [6.07, 6.45) is 0.534. The van der Waals surface area contributed by atoms with Crippen molar-refractivity contribution in [2.45, 2.75) is 12.5 Å². The zero-order chi connectivity index (χ0) is 16.5. The van der Waals surface area contributed by atoms with Crippen LogP contribution in [-0.4, -0.2) is 31.4 Å². The number of benzene rings is 2. The predicted octanol–water partition coefficient (Wildman–Crippen LogP) is 2.47. The van der Waals surface area contributed by atoms with Gasteiger partial charge in [0.05, 0.1) is 13.2 Å². The zero-order valence-electron chi connectivity index (χ0n) is 13.2. The number of aliphatic hydroxyl groups excluding tert-OH is 1. The molecule has 1 atom stereocenters. The first-order chi connectivity index (χ1) is 11.2. The number of ether oxygens (including phenoxy) is 1. The molecule has 3 N–H and O–H groups in total. The lowest BCUT2D eigenvalue weighted by Crippen LogP contribution is -2.39. The molecule has 2 amide bonds. The molecular formula is C18H22N2O3. The molecule has 0 aliphatic rings. The minimum absolute atomic E-state index is 0.0564. The SMILES string of the molecule is COc1ccc(C(NC(=O)NCCCO)c2ccccc2)cc1. The Labute approximate surface area is 136 Å². The molecule has 0 aliphatic heterocycles. The monoisotopic (exact) mass is 314 g/mol. The lowest BCUT2D eigenvalue weighted by atomic mass is 9.99. The Balaban J connectivity index is 2.16. The largest absolute Gasteiger partial charge is 0.497 e. The first kappa shape index (κ1) is 16.8. The van der Waals surface area contributed by atoms with Gasteiger partial charge in [-0.3, -0.25) is 0 Å². The van der Waals surface area contributed by atoms with Gasteiger partial charge in [-0.05, 0) is 29.7 Å². The third kappa shape index (κ3) is 5.00. The fourth-order valence-electron chi connectivity index (χ4n) is 2.26. The van der Waals surface area contributed by atoms with Gasteiger partial charge in [0.15, 0.2) is 0 Å². The highest BCUT2D eigenvalue weighted by Crippen LogP contribution is 2.24. The van der Waals surface area contributed by atoms with Crippen LogP contribution in [0.4, 0.5) is 4.79 Å². The highest BCUT2D eigenvalue weighted by molar-refractivity contribution is 5.75. The fourth-order valence-corrected chi connectivity index (χ4v) is 2.26. The lowest BCUT2D eigenvalue weighted by molar-refractivity contribution is 0.236. The number of aliphatic hydroxyl groups is 1. The summed E-state index contributed by atoms with van der Waals surface area (Å²) < 4.78 is 5.18. The van der Waals surface area contributed by atoms with Gasteiger partial charge in [-0.25, -0.2) is 4.79 Å². The second-order valence-corrected chi connectivity index (χ2v) is 5.09. The first-order valence-electron chi connectivity index (χ1n) is 7.58. The van der Waals surface area contributed by atoms with Crippen LogP contribution in [0.5, 0.6) is 5.75 Å². The van der Waals surface area contributed by atoms with E-state index in [9.17, 15) is 4.79 Å². The molecular weight excluding hydrogens is 292 g/mol. The first-order valence-corrected chi connectivity index (χ1v) is 7.58. The molecule has 0 aliphatic carbocycles. The third-order valence-corrected chi connectivity index (χ3v) is 3.48. The molecule has 122 valence electrons. The van der Waals surface area contributed by atoms with Gasteiger partial charge in [0.2, 0.25) is 0 Å². The van der Waals surface area contributed by atoms with Gasteiger partial charge < -0.3 is 20.5 Å². The van der Waals surface area contributed by atoms with E-state index in [4.69, 9.17) is 9.84 Å².